The number of fused-ring (bicyclic) bond motifs is 1. The largest absolute Gasteiger partial charge is 0.474 e. The van der Waals surface area contributed by atoms with Crippen LogP contribution in [-0.2, 0) is 6.42 Å². The number of pyridine rings is 1. The maximum Gasteiger partial charge on any atom is 0.218 e. The van der Waals surface area contributed by atoms with Crippen LogP contribution in [0.4, 0.5) is 8.78 Å². The molecule has 0 amide bonds. The fourth-order valence-corrected chi connectivity index (χ4v) is 2.95. The summed E-state index contributed by atoms with van der Waals surface area (Å²) >= 11 is 6.05. The molecule has 0 saturated heterocycles. The number of ether oxygens (including phenoxy) is 1. The zero-order valence-corrected chi connectivity index (χ0v) is 13.1. The average molecular weight is 324 g/mol. The molecule has 1 aliphatic rings. The maximum atomic E-state index is 14.1. The van der Waals surface area contributed by atoms with Gasteiger partial charge in [-0.05, 0) is 42.5 Å². The number of benzene rings is 1. The van der Waals surface area contributed by atoms with E-state index >= 15 is 0 Å². The molecular weight excluding hydrogens is 308 g/mol. The monoisotopic (exact) mass is 323 g/mol. The van der Waals surface area contributed by atoms with Gasteiger partial charge in [0.05, 0.1) is 0 Å². The molecule has 22 heavy (non-hydrogen) atoms. The molecule has 1 atom stereocenters. The Morgan fingerprint density at radius 3 is 2.68 bits per heavy atom. The Bertz CT molecular complexity index is 718. The van der Waals surface area contributed by atoms with Crippen molar-refractivity contribution in [2.24, 2.45) is 5.92 Å². The number of rotatable bonds is 2. The summed E-state index contributed by atoms with van der Waals surface area (Å²) in [5.74, 6) is -0.405. The predicted octanol–water partition coefficient (Wildman–Crippen LogP) is 5.03. The minimum absolute atomic E-state index is 0.0735. The number of halogens is 3. The van der Waals surface area contributed by atoms with E-state index in [1.807, 2.05) is 0 Å². The zero-order chi connectivity index (χ0) is 15.9. The zero-order valence-electron chi connectivity index (χ0n) is 12.4. The van der Waals surface area contributed by atoms with E-state index in [0.717, 1.165) is 24.5 Å². The van der Waals surface area contributed by atoms with Crippen LogP contribution in [-0.4, -0.2) is 11.1 Å². The molecule has 0 spiro atoms. The van der Waals surface area contributed by atoms with Gasteiger partial charge in [-0.25, -0.2) is 13.8 Å². The van der Waals surface area contributed by atoms with E-state index in [0.29, 0.717) is 22.9 Å². The van der Waals surface area contributed by atoms with Gasteiger partial charge in [-0.15, -0.1) is 0 Å². The van der Waals surface area contributed by atoms with E-state index in [-0.39, 0.29) is 11.3 Å². The molecule has 0 fully saturated rings. The minimum atomic E-state index is -0.615. The second-order valence-corrected chi connectivity index (χ2v) is 6.23. The number of nitrogens with zero attached hydrogens (tertiary/aromatic N) is 1. The normalized spacial score (nSPS) is 17.3. The highest BCUT2D eigenvalue weighted by Gasteiger charge is 2.27. The molecule has 1 aromatic heterocycles. The molecule has 0 aliphatic carbocycles. The quantitative estimate of drug-likeness (QED) is 0.723. The topological polar surface area (TPSA) is 22.1 Å². The lowest BCUT2D eigenvalue weighted by Crippen LogP contribution is -2.28. The smallest absolute Gasteiger partial charge is 0.218 e. The van der Waals surface area contributed by atoms with Gasteiger partial charge in [-0.1, -0.05) is 25.4 Å². The molecule has 0 saturated carbocycles. The highest BCUT2D eigenvalue weighted by atomic mass is 35.5. The van der Waals surface area contributed by atoms with E-state index < -0.39 is 11.6 Å². The highest BCUT2D eigenvalue weighted by Crippen LogP contribution is 2.38. The fraction of sp³-hybridized carbons (Fsp3) is 0.353. The lowest BCUT2D eigenvalue weighted by molar-refractivity contribution is 0.120. The van der Waals surface area contributed by atoms with Gasteiger partial charge >= 0.3 is 0 Å². The van der Waals surface area contributed by atoms with Gasteiger partial charge in [0, 0.05) is 17.2 Å². The molecular formula is C17H16ClF2NO. The van der Waals surface area contributed by atoms with E-state index in [2.05, 4.69) is 18.8 Å². The summed E-state index contributed by atoms with van der Waals surface area (Å²) in [5.41, 5.74) is 1.76. The van der Waals surface area contributed by atoms with Crippen molar-refractivity contribution in [2.75, 3.05) is 0 Å². The summed E-state index contributed by atoms with van der Waals surface area (Å²) in [5, 5.41) is 0.238. The number of hydrogen-bond acceptors (Lipinski definition) is 2. The van der Waals surface area contributed by atoms with Gasteiger partial charge in [0.1, 0.15) is 22.9 Å². The second kappa shape index (κ2) is 5.84. The first kappa shape index (κ1) is 15.2. The first-order valence-electron chi connectivity index (χ1n) is 7.27. The van der Waals surface area contributed by atoms with Crippen LogP contribution in [0.2, 0.25) is 5.15 Å². The van der Waals surface area contributed by atoms with Gasteiger partial charge < -0.3 is 4.74 Å². The summed E-state index contributed by atoms with van der Waals surface area (Å²) in [6, 6.07) is 5.14. The van der Waals surface area contributed by atoms with E-state index in [1.165, 1.54) is 12.1 Å². The van der Waals surface area contributed by atoms with E-state index in [4.69, 9.17) is 16.3 Å². The van der Waals surface area contributed by atoms with Gasteiger partial charge in [-0.2, -0.15) is 0 Å². The van der Waals surface area contributed by atoms with Crippen molar-refractivity contribution in [3.05, 3.63) is 46.6 Å². The van der Waals surface area contributed by atoms with Crippen molar-refractivity contribution in [2.45, 2.75) is 32.8 Å². The second-order valence-electron chi connectivity index (χ2n) is 5.84. The van der Waals surface area contributed by atoms with Crippen LogP contribution in [0.15, 0.2) is 24.3 Å². The van der Waals surface area contributed by atoms with Gasteiger partial charge in [0.15, 0.2) is 0 Å². The maximum absolute atomic E-state index is 14.1. The third-order valence-electron chi connectivity index (χ3n) is 3.96. The molecule has 1 aliphatic heterocycles. The first-order chi connectivity index (χ1) is 10.5. The Balaban J connectivity index is 2.10. The SMILES string of the molecule is CC(C)C1CCc2c(-c3ccc(F)cc3F)cc(Cl)nc2O1. The van der Waals surface area contributed by atoms with Crippen molar-refractivity contribution >= 4 is 11.6 Å². The average Bonchev–Trinajstić information content (AvgIpc) is 2.45. The summed E-state index contributed by atoms with van der Waals surface area (Å²) in [6.45, 7) is 4.17. The molecule has 5 heteroatoms. The fourth-order valence-electron chi connectivity index (χ4n) is 2.76. The first-order valence-corrected chi connectivity index (χ1v) is 7.65. The van der Waals surface area contributed by atoms with Crippen LogP contribution < -0.4 is 4.74 Å². The third kappa shape index (κ3) is 2.80. The third-order valence-corrected chi connectivity index (χ3v) is 4.16. The lowest BCUT2D eigenvalue weighted by Gasteiger charge is -2.29. The van der Waals surface area contributed by atoms with Crippen molar-refractivity contribution in [1.29, 1.82) is 0 Å². The van der Waals surface area contributed by atoms with Gasteiger partial charge in [0.2, 0.25) is 5.88 Å². The van der Waals surface area contributed by atoms with Crippen LogP contribution in [0.1, 0.15) is 25.8 Å². The molecule has 1 unspecified atom stereocenters. The summed E-state index contributed by atoms with van der Waals surface area (Å²) in [6.07, 6.45) is 1.64. The molecule has 0 radical (unpaired) electrons. The van der Waals surface area contributed by atoms with Crippen LogP contribution in [0.25, 0.3) is 11.1 Å². The molecule has 116 valence electrons. The van der Waals surface area contributed by atoms with Crippen molar-refractivity contribution < 1.29 is 13.5 Å². The molecule has 3 rings (SSSR count). The van der Waals surface area contributed by atoms with Crippen molar-refractivity contribution in [3.63, 3.8) is 0 Å². The van der Waals surface area contributed by atoms with Gasteiger partial charge in [-0.3, -0.25) is 0 Å². The minimum Gasteiger partial charge on any atom is -0.474 e. The molecule has 0 bridgehead atoms. The highest BCUT2D eigenvalue weighted by molar-refractivity contribution is 6.29. The molecule has 2 nitrogen and oxygen atoms in total. The summed E-state index contributed by atoms with van der Waals surface area (Å²) in [7, 11) is 0. The van der Waals surface area contributed by atoms with Crippen LogP contribution in [0.3, 0.4) is 0 Å². The lowest BCUT2D eigenvalue weighted by atomic mass is 9.92. The predicted molar refractivity (Wildman–Crippen MR) is 82.2 cm³/mol. The Hall–Kier alpha value is -1.68. The molecule has 2 aromatic rings. The molecule has 0 N–H and O–H groups in total. The number of hydrogen-bond donors (Lipinski definition) is 0. The summed E-state index contributed by atoms with van der Waals surface area (Å²) < 4.78 is 33.1. The number of aromatic nitrogens is 1. The van der Waals surface area contributed by atoms with Crippen LogP contribution in [0, 0.1) is 17.6 Å². The standard InChI is InChI=1S/C17H16ClF2NO/c1-9(2)15-6-5-12-13(8-16(18)21-17(12)22-15)11-4-3-10(19)7-14(11)20/h3-4,7-9,15H,5-6H2,1-2H3. The molecule has 2 heterocycles. The van der Waals surface area contributed by atoms with Crippen LogP contribution in [0.5, 0.6) is 5.88 Å². The Morgan fingerprint density at radius 1 is 1.23 bits per heavy atom. The Morgan fingerprint density at radius 2 is 2.00 bits per heavy atom. The van der Waals surface area contributed by atoms with Crippen molar-refractivity contribution in [1.82, 2.24) is 4.98 Å². The van der Waals surface area contributed by atoms with Gasteiger partial charge in [0.25, 0.3) is 0 Å². The van der Waals surface area contributed by atoms with Crippen LogP contribution >= 0.6 is 11.6 Å². The van der Waals surface area contributed by atoms with E-state index in [1.54, 1.807) is 6.07 Å². The Labute approximate surface area is 133 Å². The Kier molecular flexibility index (Phi) is 4.04. The molecule has 1 aromatic carbocycles. The van der Waals surface area contributed by atoms with E-state index in [9.17, 15) is 8.78 Å². The summed E-state index contributed by atoms with van der Waals surface area (Å²) in [4.78, 5) is 4.23. The van der Waals surface area contributed by atoms with Crippen molar-refractivity contribution in [3.8, 4) is 17.0 Å².